The number of carbonyl (C=O) groups is 2. The highest BCUT2D eigenvalue weighted by atomic mass is 16.2. The third-order valence-electron chi connectivity index (χ3n) is 8.03. The number of anilines is 1. The third kappa shape index (κ3) is 6.27. The molecule has 4 rings (SSSR count). The van der Waals surface area contributed by atoms with Gasteiger partial charge in [0.15, 0.2) is 0 Å². The van der Waals surface area contributed by atoms with Crippen LogP contribution < -0.4 is 10.2 Å². The summed E-state index contributed by atoms with van der Waals surface area (Å²) in [4.78, 5) is 38.9. The molecule has 1 aromatic heterocycles. The van der Waals surface area contributed by atoms with E-state index in [2.05, 4.69) is 43.7 Å². The highest BCUT2D eigenvalue weighted by Gasteiger charge is 2.30. The molecule has 0 bridgehead atoms. The molecule has 3 fully saturated rings. The lowest BCUT2D eigenvalue weighted by Gasteiger charge is -2.43. The van der Waals surface area contributed by atoms with E-state index in [0.29, 0.717) is 24.6 Å². The van der Waals surface area contributed by atoms with E-state index in [1.165, 1.54) is 19.3 Å². The molecule has 3 heterocycles. The van der Waals surface area contributed by atoms with Crippen LogP contribution in [-0.2, 0) is 4.79 Å². The Hall–Kier alpha value is -2.19. The first-order valence-electron chi connectivity index (χ1n) is 13.3. The second kappa shape index (κ2) is 12.0. The van der Waals surface area contributed by atoms with Gasteiger partial charge >= 0.3 is 0 Å². The molecule has 8 heteroatoms. The average Bonchev–Trinajstić information content (AvgIpc) is 2.84. The van der Waals surface area contributed by atoms with E-state index in [4.69, 9.17) is 0 Å². The third-order valence-corrected chi connectivity index (χ3v) is 8.03. The molecular weight excluding hydrogens is 428 g/mol. The lowest BCUT2D eigenvalue weighted by molar-refractivity contribution is -0.134. The zero-order valence-corrected chi connectivity index (χ0v) is 21.0. The quantitative estimate of drug-likeness (QED) is 0.596. The van der Waals surface area contributed by atoms with Gasteiger partial charge in [-0.2, -0.15) is 0 Å². The van der Waals surface area contributed by atoms with Crippen LogP contribution in [0, 0.1) is 5.92 Å². The molecule has 0 atom stereocenters. The molecule has 1 aliphatic carbocycles. The second-order valence-electron chi connectivity index (χ2n) is 10.1. The largest absolute Gasteiger partial charge is 0.354 e. The molecule has 2 saturated heterocycles. The van der Waals surface area contributed by atoms with Gasteiger partial charge in [-0.25, -0.2) is 4.98 Å². The fraction of sp³-hybridized carbons (Fsp3) is 0.731. The lowest BCUT2D eigenvalue weighted by Crippen LogP contribution is -2.56. The van der Waals surface area contributed by atoms with Crippen molar-refractivity contribution in [2.75, 3.05) is 70.3 Å². The number of rotatable bonds is 9. The van der Waals surface area contributed by atoms with Crippen LogP contribution in [0.5, 0.6) is 0 Å². The number of hydrogen-bond acceptors (Lipinski definition) is 6. The first-order valence-corrected chi connectivity index (χ1v) is 13.3. The van der Waals surface area contributed by atoms with Crippen molar-refractivity contribution in [2.24, 2.45) is 5.92 Å². The normalized spacial score (nSPS) is 20.4. The van der Waals surface area contributed by atoms with Gasteiger partial charge in [0, 0.05) is 71.1 Å². The fourth-order valence-corrected chi connectivity index (χ4v) is 5.14. The topological polar surface area (TPSA) is 72.0 Å². The predicted octanol–water partition coefficient (Wildman–Crippen LogP) is 2.07. The summed E-state index contributed by atoms with van der Waals surface area (Å²) in [5, 5.41) is 3.03. The van der Waals surface area contributed by atoms with Crippen LogP contribution in [0.25, 0.3) is 0 Å². The Morgan fingerprint density at radius 3 is 2.26 bits per heavy atom. The summed E-state index contributed by atoms with van der Waals surface area (Å²) >= 11 is 0. The fourth-order valence-electron chi connectivity index (χ4n) is 5.14. The molecule has 0 spiro atoms. The van der Waals surface area contributed by atoms with Crippen molar-refractivity contribution in [2.45, 2.75) is 52.0 Å². The first kappa shape index (κ1) is 24.9. The predicted molar refractivity (Wildman–Crippen MR) is 135 cm³/mol. The Bertz CT molecular complexity index is 792. The number of piperazine rings is 2. The standard InChI is InChI=1S/C26H42N6O2/c1-3-21(4-2)18-28-26(34)22-8-9-24(27-19-22)31-12-10-29(11-13-31)20-25(33)32-16-14-30(15-17-32)23-6-5-7-23/h8-9,19,21,23H,3-7,10-18,20H2,1-2H3,(H,28,34). The summed E-state index contributed by atoms with van der Waals surface area (Å²) in [5.41, 5.74) is 0.608. The summed E-state index contributed by atoms with van der Waals surface area (Å²) in [5.74, 6) is 1.64. The highest BCUT2D eigenvalue weighted by Crippen LogP contribution is 2.25. The van der Waals surface area contributed by atoms with Crippen molar-refractivity contribution in [3.05, 3.63) is 23.9 Å². The number of hydrogen-bond donors (Lipinski definition) is 1. The Balaban J connectivity index is 1.18. The van der Waals surface area contributed by atoms with Crippen molar-refractivity contribution < 1.29 is 9.59 Å². The van der Waals surface area contributed by atoms with Crippen LogP contribution in [-0.4, -0.2) is 103 Å². The number of pyridine rings is 1. The molecule has 1 N–H and O–H groups in total. The molecule has 0 unspecified atom stereocenters. The van der Waals surface area contributed by atoms with Gasteiger partial charge in [0.25, 0.3) is 5.91 Å². The van der Waals surface area contributed by atoms with Crippen molar-refractivity contribution in [3.63, 3.8) is 0 Å². The molecule has 1 saturated carbocycles. The zero-order chi connectivity index (χ0) is 23.9. The van der Waals surface area contributed by atoms with E-state index in [-0.39, 0.29) is 11.8 Å². The lowest BCUT2D eigenvalue weighted by atomic mass is 9.91. The molecule has 34 heavy (non-hydrogen) atoms. The molecule has 8 nitrogen and oxygen atoms in total. The van der Waals surface area contributed by atoms with Gasteiger partial charge in [-0.15, -0.1) is 0 Å². The van der Waals surface area contributed by atoms with E-state index >= 15 is 0 Å². The molecule has 3 aliphatic rings. The van der Waals surface area contributed by atoms with Crippen molar-refractivity contribution in [1.82, 2.24) is 25.0 Å². The maximum Gasteiger partial charge on any atom is 0.252 e. The Morgan fingerprint density at radius 1 is 1.00 bits per heavy atom. The van der Waals surface area contributed by atoms with E-state index in [1.54, 1.807) is 6.20 Å². The highest BCUT2D eigenvalue weighted by molar-refractivity contribution is 5.94. The smallest absolute Gasteiger partial charge is 0.252 e. The first-order chi connectivity index (χ1) is 16.6. The Kier molecular flexibility index (Phi) is 8.78. The van der Waals surface area contributed by atoms with Crippen LogP contribution in [0.1, 0.15) is 56.3 Å². The summed E-state index contributed by atoms with van der Waals surface area (Å²) < 4.78 is 0. The van der Waals surface area contributed by atoms with Gasteiger partial charge in [0.1, 0.15) is 5.82 Å². The van der Waals surface area contributed by atoms with Gasteiger partial charge in [-0.1, -0.05) is 33.1 Å². The van der Waals surface area contributed by atoms with Crippen LogP contribution in [0.3, 0.4) is 0 Å². The van der Waals surface area contributed by atoms with E-state index < -0.39 is 0 Å². The minimum atomic E-state index is -0.0530. The summed E-state index contributed by atoms with van der Waals surface area (Å²) in [6.07, 6.45) is 7.86. The van der Waals surface area contributed by atoms with Crippen molar-refractivity contribution >= 4 is 17.6 Å². The molecular formula is C26H42N6O2. The molecule has 0 radical (unpaired) electrons. The molecule has 1 aromatic rings. The van der Waals surface area contributed by atoms with Crippen LogP contribution >= 0.6 is 0 Å². The van der Waals surface area contributed by atoms with Crippen molar-refractivity contribution in [1.29, 1.82) is 0 Å². The summed E-state index contributed by atoms with van der Waals surface area (Å²) in [6, 6.07) is 4.58. The SMILES string of the molecule is CCC(CC)CNC(=O)c1ccc(N2CCN(CC(=O)N3CCN(C4CCC4)CC3)CC2)nc1. The maximum atomic E-state index is 12.8. The monoisotopic (exact) mass is 470 g/mol. The number of nitrogens with zero attached hydrogens (tertiary/aromatic N) is 5. The Morgan fingerprint density at radius 2 is 1.71 bits per heavy atom. The van der Waals surface area contributed by atoms with Crippen LogP contribution in [0.4, 0.5) is 5.82 Å². The van der Waals surface area contributed by atoms with E-state index in [0.717, 1.165) is 77.1 Å². The van der Waals surface area contributed by atoms with Gasteiger partial charge in [-0.05, 0) is 30.9 Å². The number of carbonyl (C=O) groups excluding carboxylic acids is 2. The summed E-state index contributed by atoms with van der Waals surface area (Å²) in [6.45, 7) is 12.7. The zero-order valence-electron chi connectivity index (χ0n) is 21.0. The van der Waals surface area contributed by atoms with Crippen molar-refractivity contribution in [3.8, 4) is 0 Å². The van der Waals surface area contributed by atoms with Gasteiger partial charge in [-0.3, -0.25) is 19.4 Å². The molecule has 2 aliphatic heterocycles. The van der Waals surface area contributed by atoms with E-state index in [9.17, 15) is 9.59 Å². The molecule has 0 aromatic carbocycles. The second-order valence-corrected chi connectivity index (χ2v) is 10.1. The number of amides is 2. The molecule has 188 valence electrons. The van der Waals surface area contributed by atoms with Gasteiger partial charge in [0.2, 0.25) is 5.91 Å². The minimum absolute atomic E-state index is 0.0530. The summed E-state index contributed by atoms with van der Waals surface area (Å²) in [7, 11) is 0. The maximum absolute atomic E-state index is 12.8. The van der Waals surface area contributed by atoms with Gasteiger partial charge < -0.3 is 15.1 Å². The van der Waals surface area contributed by atoms with Crippen LogP contribution in [0.15, 0.2) is 18.3 Å². The molecule has 2 amide bonds. The van der Waals surface area contributed by atoms with Gasteiger partial charge in [0.05, 0.1) is 12.1 Å². The number of nitrogens with one attached hydrogen (secondary N) is 1. The minimum Gasteiger partial charge on any atom is -0.354 e. The number of aromatic nitrogens is 1. The average molecular weight is 471 g/mol. The van der Waals surface area contributed by atoms with Crippen LogP contribution in [0.2, 0.25) is 0 Å². The van der Waals surface area contributed by atoms with E-state index in [1.807, 2.05) is 12.1 Å². The Labute approximate surface area is 204 Å².